The van der Waals surface area contributed by atoms with Crippen molar-refractivity contribution in [1.29, 1.82) is 0 Å². The molecule has 176 valence electrons. The lowest BCUT2D eigenvalue weighted by atomic mass is 10.2. The van der Waals surface area contributed by atoms with Crippen molar-refractivity contribution < 1.29 is 17.9 Å². The lowest BCUT2D eigenvalue weighted by Gasteiger charge is -2.26. The highest BCUT2D eigenvalue weighted by Crippen LogP contribution is 2.23. The van der Waals surface area contributed by atoms with E-state index in [9.17, 15) is 13.2 Å². The molecule has 1 aliphatic rings. The van der Waals surface area contributed by atoms with Crippen LogP contribution in [-0.4, -0.2) is 65.9 Å². The summed E-state index contributed by atoms with van der Waals surface area (Å²) >= 11 is 0. The number of morpholine rings is 1. The molecule has 33 heavy (non-hydrogen) atoms. The van der Waals surface area contributed by atoms with Gasteiger partial charge in [-0.15, -0.1) is 0 Å². The Morgan fingerprint density at radius 2 is 1.85 bits per heavy atom. The predicted octanol–water partition coefficient (Wildman–Crippen LogP) is 2.58. The molecule has 0 radical (unpaired) electrons. The normalized spacial score (nSPS) is 15.1. The maximum atomic E-state index is 13.0. The molecule has 9 heteroatoms. The smallest absolute Gasteiger partial charge is 0.243 e. The third-order valence-corrected chi connectivity index (χ3v) is 7.96. The Morgan fingerprint density at radius 3 is 2.55 bits per heavy atom. The van der Waals surface area contributed by atoms with Gasteiger partial charge in [0.05, 0.1) is 29.1 Å². The zero-order valence-corrected chi connectivity index (χ0v) is 19.9. The van der Waals surface area contributed by atoms with Gasteiger partial charge in [0.2, 0.25) is 15.9 Å². The summed E-state index contributed by atoms with van der Waals surface area (Å²) in [6.45, 7) is 4.72. The third kappa shape index (κ3) is 5.10. The molecule has 4 rings (SSSR count). The second-order valence-corrected chi connectivity index (χ2v) is 10.1. The number of fused-ring (bicyclic) bond motifs is 1. The number of ether oxygens (including phenoxy) is 1. The molecule has 1 aromatic heterocycles. The molecule has 1 fully saturated rings. The van der Waals surface area contributed by atoms with E-state index in [1.807, 2.05) is 53.8 Å². The first kappa shape index (κ1) is 23.4. The average Bonchev–Trinajstić information content (AvgIpc) is 3.17. The summed E-state index contributed by atoms with van der Waals surface area (Å²) in [6, 6.07) is 15.0. The fourth-order valence-electron chi connectivity index (χ4n) is 4.11. The number of nitrogens with zero attached hydrogens (tertiary/aromatic N) is 4. The highest BCUT2D eigenvalue weighted by Gasteiger charge is 2.27. The first-order valence-electron chi connectivity index (χ1n) is 11.2. The molecule has 0 aliphatic carbocycles. The molecule has 8 nitrogen and oxygen atoms in total. The summed E-state index contributed by atoms with van der Waals surface area (Å²) in [7, 11) is -1.69. The zero-order valence-electron chi connectivity index (χ0n) is 19.1. The lowest BCUT2D eigenvalue weighted by Crippen LogP contribution is -2.40. The van der Waals surface area contributed by atoms with Gasteiger partial charge in [-0.05, 0) is 30.7 Å². The molecular formula is C24H30N4O4S. The van der Waals surface area contributed by atoms with Gasteiger partial charge >= 0.3 is 0 Å². The van der Waals surface area contributed by atoms with Crippen molar-refractivity contribution in [3.63, 3.8) is 0 Å². The van der Waals surface area contributed by atoms with E-state index in [1.54, 1.807) is 18.2 Å². The Hall–Kier alpha value is -2.75. The quantitative estimate of drug-likeness (QED) is 0.505. The van der Waals surface area contributed by atoms with E-state index in [2.05, 4.69) is 4.98 Å². The van der Waals surface area contributed by atoms with Crippen molar-refractivity contribution in [3.05, 3.63) is 59.9 Å². The molecule has 0 atom stereocenters. The van der Waals surface area contributed by atoms with Crippen LogP contribution in [0.15, 0.2) is 53.4 Å². The number of amides is 1. The van der Waals surface area contributed by atoms with E-state index in [4.69, 9.17) is 4.74 Å². The van der Waals surface area contributed by atoms with Crippen LogP contribution in [0.25, 0.3) is 11.0 Å². The number of carbonyl (C=O) groups excluding carboxylic acids is 1. The molecule has 2 aromatic carbocycles. The maximum Gasteiger partial charge on any atom is 0.243 e. The predicted molar refractivity (Wildman–Crippen MR) is 126 cm³/mol. The summed E-state index contributed by atoms with van der Waals surface area (Å²) in [5.74, 6) is 0.832. The molecule has 3 aromatic rings. The lowest BCUT2D eigenvalue weighted by molar-refractivity contribution is -0.131. The first-order chi connectivity index (χ1) is 15.9. The number of carbonyl (C=O) groups is 1. The molecule has 0 saturated carbocycles. The van der Waals surface area contributed by atoms with Gasteiger partial charge in [-0.1, -0.05) is 30.3 Å². The second kappa shape index (κ2) is 10.0. The van der Waals surface area contributed by atoms with Crippen molar-refractivity contribution in [2.24, 2.45) is 7.05 Å². The number of hydrogen-bond acceptors (Lipinski definition) is 5. The molecule has 0 bridgehead atoms. The van der Waals surface area contributed by atoms with Gasteiger partial charge in [-0.3, -0.25) is 4.79 Å². The molecule has 0 unspecified atom stereocenters. The van der Waals surface area contributed by atoms with Gasteiger partial charge in [-0.2, -0.15) is 4.31 Å². The van der Waals surface area contributed by atoms with Crippen LogP contribution >= 0.6 is 0 Å². The van der Waals surface area contributed by atoms with E-state index >= 15 is 0 Å². The van der Waals surface area contributed by atoms with E-state index < -0.39 is 10.0 Å². The molecule has 0 spiro atoms. The second-order valence-electron chi connectivity index (χ2n) is 8.15. The van der Waals surface area contributed by atoms with Crippen LogP contribution in [-0.2, 0) is 39.6 Å². The average molecular weight is 471 g/mol. The van der Waals surface area contributed by atoms with Crippen molar-refractivity contribution in [1.82, 2.24) is 18.8 Å². The Bertz CT molecular complexity index is 1220. The molecule has 1 amide bonds. The molecule has 1 saturated heterocycles. The van der Waals surface area contributed by atoms with Crippen LogP contribution < -0.4 is 0 Å². The summed E-state index contributed by atoms with van der Waals surface area (Å²) in [4.78, 5) is 19.6. The minimum Gasteiger partial charge on any atom is -0.379 e. The van der Waals surface area contributed by atoms with Crippen molar-refractivity contribution >= 4 is 27.0 Å². The van der Waals surface area contributed by atoms with Gasteiger partial charge in [0.25, 0.3) is 0 Å². The summed E-state index contributed by atoms with van der Waals surface area (Å²) in [6.07, 6.45) is 0.831. The first-order valence-corrected chi connectivity index (χ1v) is 12.7. The van der Waals surface area contributed by atoms with Crippen LogP contribution in [0.4, 0.5) is 0 Å². The monoisotopic (exact) mass is 470 g/mol. The number of aryl methyl sites for hydroxylation is 2. The van der Waals surface area contributed by atoms with Crippen molar-refractivity contribution in [2.45, 2.75) is 31.2 Å². The summed E-state index contributed by atoms with van der Waals surface area (Å²) in [5.41, 5.74) is 2.56. The number of benzene rings is 2. The van der Waals surface area contributed by atoms with Crippen LogP contribution in [0.5, 0.6) is 0 Å². The van der Waals surface area contributed by atoms with E-state index in [1.165, 1.54) is 4.31 Å². The Labute approximate surface area is 194 Å². The van der Waals surface area contributed by atoms with Crippen molar-refractivity contribution in [2.75, 3.05) is 32.8 Å². The van der Waals surface area contributed by atoms with Gasteiger partial charge < -0.3 is 14.2 Å². The van der Waals surface area contributed by atoms with E-state index in [0.29, 0.717) is 57.8 Å². The van der Waals surface area contributed by atoms with Gasteiger partial charge in [-0.25, -0.2) is 13.4 Å². The molecule has 2 heterocycles. The molecule has 1 aliphatic heterocycles. The van der Waals surface area contributed by atoms with E-state index in [-0.39, 0.29) is 10.8 Å². The van der Waals surface area contributed by atoms with Gasteiger partial charge in [0, 0.05) is 46.1 Å². The number of imidazole rings is 1. The minimum atomic E-state index is -3.58. The molecule has 0 N–H and O–H groups in total. The highest BCUT2D eigenvalue weighted by atomic mass is 32.2. The SMILES string of the molecule is CCN(Cc1ccccc1)C(=O)CCc1nc2cc(S(=O)(=O)N3CCOCC3)ccc2n1C. The number of hydrogen-bond donors (Lipinski definition) is 0. The number of rotatable bonds is 8. The Balaban J connectivity index is 1.48. The fourth-order valence-corrected chi connectivity index (χ4v) is 5.54. The standard InChI is InChI=1S/C24H30N4O4S/c1-3-27(18-19-7-5-4-6-8-19)24(29)12-11-23-25-21-17-20(9-10-22(21)26(23)2)33(30,31)28-13-15-32-16-14-28/h4-10,17H,3,11-16,18H2,1-2H3. The van der Waals surface area contributed by atoms with Crippen LogP contribution in [0, 0.1) is 0 Å². The largest absolute Gasteiger partial charge is 0.379 e. The zero-order chi connectivity index (χ0) is 23.4. The highest BCUT2D eigenvalue weighted by molar-refractivity contribution is 7.89. The van der Waals surface area contributed by atoms with E-state index in [0.717, 1.165) is 16.9 Å². The topological polar surface area (TPSA) is 84.7 Å². The van der Waals surface area contributed by atoms with Crippen LogP contribution in [0.1, 0.15) is 24.7 Å². The number of aromatic nitrogens is 2. The van der Waals surface area contributed by atoms with Gasteiger partial charge in [0.1, 0.15) is 5.82 Å². The number of sulfonamides is 1. The summed E-state index contributed by atoms with van der Waals surface area (Å²) < 4.78 is 34.6. The molecular weight excluding hydrogens is 440 g/mol. The van der Waals surface area contributed by atoms with Crippen molar-refractivity contribution in [3.8, 4) is 0 Å². The Morgan fingerprint density at radius 1 is 1.12 bits per heavy atom. The fraction of sp³-hybridized carbons (Fsp3) is 0.417. The maximum absolute atomic E-state index is 13.0. The van der Waals surface area contributed by atoms with Gasteiger partial charge in [0.15, 0.2) is 0 Å². The van der Waals surface area contributed by atoms with Crippen LogP contribution in [0.3, 0.4) is 0 Å². The summed E-state index contributed by atoms with van der Waals surface area (Å²) in [5, 5.41) is 0. The Kier molecular flexibility index (Phi) is 7.11. The third-order valence-electron chi connectivity index (χ3n) is 6.07. The minimum absolute atomic E-state index is 0.0731. The van der Waals surface area contributed by atoms with Crippen LogP contribution in [0.2, 0.25) is 0 Å².